The number of hydrogen-bond donors (Lipinski definition) is 2. The summed E-state index contributed by atoms with van der Waals surface area (Å²) in [6, 6.07) is 0. The van der Waals surface area contributed by atoms with Crippen molar-refractivity contribution < 1.29 is 61.1 Å². The SMILES string of the molecule is [Ca+2].[Cl-].[Na+].[O-][Si]([O-])(O)O. The van der Waals surface area contributed by atoms with Crippen LogP contribution in [-0.2, 0) is 0 Å². The maximum absolute atomic E-state index is 8.80. The Kier molecular flexibility index (Phi) is 26.9. The van der Waals surface area contributed by atoms with E-state index < -0.39 is 9.05 Å². The molecule has 4 nitrogen and oxygen atoms in total. The molecule has 0 unspecified atom stereocenters. The van der Waals surface area contributed by atoms with Gasteiger partial charge in [0.05, 0.1) is 0 Å². The minimum atomic E-state index is -5.11. The zero-order valence-electron chi connectivity index (χ0n) is 4.30. The van der Waals surface area contributed by atoms with Crippen LogP contribution in [0, 0.1) is 0 Å². The van der Waals surface area contributed by atoms with Gasteiger partial charge in [-0.3, -0.25) is 0 Å². The van der Waals surface area contributed by atoms with Crippen LogP contribution in [0.2, 0.25) is 0 Å². The average Bonchev–Trinajstić information content (AvgIpc) is 0.722. The second kappa shape index (κ2) is 9.61. The van der Waals surface area contributed by atoms with Gasteiger partial charge < -0.3 is 31.6 Å². The molecule has 0 aromatic rings. The molecule has 0 fully saturated rings. The standard InChI is InChI=1S/Ca.ClH.Na.H2O4Si/c;;;1-5(2,3)4/h;1H;;1-2H/q+2;;+1;-2/p-1. The molecule has 0 aliphatic rings. The van der Waals surface area contributed by atoms with E-state index in [4.69, 9.17) is 19.2 Å². The molecule has 0 atom stereocenters. The predicted molar refractivity (Wildman–Crippen MR) is 15.9 cm³/mol. The summed E-state index contributed by atoms with van der Waals surface area (Å²) >= 11 is 0. The summed E-state index contributed by atoms with van der Waals surface area (Å²) in [7, 11) is -5.11. The first-order valence-electron chi connectivity index (χ1n) is 0.855. The van der Waals surface area contributed by atoms with E-state index in [2.05, 4.69) is 0 Å². The molecular formula is H2CaClNaO4Si. The molecule has 0 spiro atoms. The molecule has 0 aromatic heterocycles. The second-order valence-electron chi connectivity index (χ2n) is 0.548. The topological polar surface area (TPSA) is 86.6 Å². The molecule has 0 aliphatic heterocycles. The summed E-state index contributed by atoms with van der Waals surface area (Å²) in [6.45, 7) is 0. The fourth-order valence-corrected chi connectivity index (χ4v) is 0. The second-order valence-corrected chi connectivity index (χ2v) is 1.65. The normalized spacial score (nSPS) is 7.50. The van der Waals surface area contributed by atoms with Gasteiger partial charge in [-0.2, -0.15) is 0 Å². The molecule has 0 rings (SSSR count). The van der Waals surface area contributed by atoms with Gasteiger partial charge in [0, 0.05) is 0 Å². The van der Waals surface area contributed by atoms with Crippen LogP contribution in [0.1, 0.15) is 0 Å². The molecule has 0 aromatic carbocycles. The van der Waals surface area contributed by atoms with E-state index in [-0.39, 0.29) is 79.7 Å². The summed E-state index contributed by atoms with van der Waals surface area (Å²) in [5, 5.41) is 0. The number of rotatable bonds is 0. The van der Waals surface area contributed by atoms with E-state index in [0.717, 1.165) is 0 Å². The Hall–Kier alpha value is 2.61. The molecule has 0 aliphatic carbocycles. The molecule has 40 valence electrons. The van der Waals surface area contributed by atoms with Crippen LogP contribution in [0.5, 0.6) is 0 Å². The third-order valence-electron chi connectivity index (χ3n) is 0. The third-order valence-corrected chi connectivity index (χ3v) is 0. The van der Waals surface area contributed by atoms with Crippen molar-refractivity contribution in [2.45, 2.75) is 0 Å². The van der Waals surface area contributed by atoms with Crippen molar-refractivity contribution in [1.82, 2.24) is 0 Å². The summed E-state index contributed by atoms with van der Waals surface area (Å²) in [5.74, 6) is 0. The Labute approximate surface area is 106 Å². The first kappa shape index (κ1) is 22.4. The third kappa shape index (κ3) is 73.3. The van der Waals surface area contributed by atoms with Gasteiger partial charge in [0.15, 0.2) is 0 Å². The maximum Gasteiger partial charge on any atom is 2.00 e. The molecule has 2 N–H and O–H groups in total. The molecule has 0 heterocycles. The summed E-state index contributed by atoms with van der Waals surface area (Å²) in [5.41, 5.74) is 0. The summed E-state index contributed by atoms with van der Waals surface area (Å²) in [4.78, 5) is 31.8. The van der Waals surface area contributed by atoms with Crippen molar-refractivity contribution in [3.05, 3.63) is 0 Å². The zero-order chi connectivity index (χ0) is 4.50. The first-order chi connectivity index (χ1) is 2.00. The van der Waals surface area contributed by atoms with E-state index in [1.165, 1.54) is 0 Å². The van der Waals surface area contributed by atoms with Crippen LogP contribution < -0.4 is 51.6 Å². The van der Waals surface area contributed by atoms with Gasteiger partial charge in [-0.1, -0.05) is 0 Å². The van der Waals surface area contributed by atoms with Gasteiger partial charge in [0.2, 0.25) is 0 Å². The van der Waals surface area contributed by atoms with Crippen molar-refractivity contribution in [1.29, 1.82) is 0 Å². The fraction of sp³-hybridized carbons (Fsp3) is 0. The minimum Gasteiger partial charge on any atom is -1.00 e. The first-order valence-corrected chi connectivity index (χ1v) is 2.57. The van der Waals surface area contributed by atoms with Crippen LogP contribution in [0.25, 0.3) is 0 Å². The van der Waals surface area contributed by atoms with Gasteiger partial charge in [-0.15, -0.1) is 0 Å². The van der Waals surface area contributed by atoms with Gasteiger partial charge in [-0.25, -0.2) is 0 Å². The van der Waals surface area contributed by atoms with Crippen molar-refractivity contribution in [2.24, 2.45) is 0 Å². The van der Waals surface area contributed by atoms with Crippen LogP contribution in [0.3, 0.4) is 0 Å². The monoisotopic (exact) mass is 192 g/mol. The van der Waals surface area contributed by atoms with Gasteiger partial charge in [-0.05, 0) is 0 Å². The van der Waals surface area contributed by atoms with Crippen LogP contribution in [-0.4, -0.2) is 56.4 Å². The van der Waals surface area contributed by atoms with Gasteiger partial charge >= 0.3 is 67.3 Å². The molecular weight excluding hydrogens is 191 g/mol. The largest absolute Gasteiger partial charge is 2.00 e. The van der Waals surface area contributed by atoms with Crippen molar-refractivity contribution >= 4 is 46.8 Å². The maximum atomic E-state index is 8.80. The Morgan fingerprint density at radius 1 is 1.12 bits per heavy atom. The van der Waals surface area contributed by atoms with E-state index in [0.29, 0.717) is 0 Å². The van der Waals surface area contributed by atoms with Crippen LogP contribution >= 0.6 is 0 Å². The quantitative estimate of drug-likeness (QED) is 0.373. The molecule has 0 saturated heterocycles. The molecule has 0 amide bonds. The molecule has 0 radical (unpaired) electrons. The van der Waals surface area contributed by atoms with Crippen molar-refractivity contribution in [2.75, 3.05) is 0 Å². The van der Waals surface area contributed by atoms with E-state index in [1.54, 1.807) is 0 Å². The van der Waals surface area contributed by atoms with Gasteiger partial charge in [0.25, 0.3) is 0 Å². The summed E-state index contributed by atoms with van der Waals surface area (Å²) in [6.07, 6.45) is 0. The zero-order valence-corrected chi connectivity index (χ0v) is 10.3. The fourth-order valence-electron chi connectivity index (χ4n) is 0. The van der Waals surface area contributed by atoms with Crippen LogP contribution in [0.4, 0.5) is 0 Å². The summed E-state index contributed by atoms with van der Waals surface area (Å²) < 4.78 is 0. The molecule has 8 heavy (non-hydrogen) atoms. The Balaban J connectivity index is -0.0000000267. The smallest absolute Gasteiger partial charge is 1.00 e. The van der Waals surface area contributed by atoms with E-state index in [9.17, 15) is 0 Å². The van der Waals surface area contributed by atoms with Crippen molar-refractivity contribution in [3.8, 4) is 0 Å². The predicted octanol–water partition coefficient (Wildman–Crippen LogP) is -10.2. The molecule has 0 saturated carbocycles. The Bertz CT molecular complexity index is 31.5. The van der Waals surface area contributed by atoms with E-state index in [1.807, 2.05) is 0 Å². The van der Waals surface area contributed by atoms with Gasteiger partial charge in [0.1, 0.15) is 9.05 Å². The Morgan fingerprint density at radius 3 is 1.12 bits per heavy atom. The van der Waals surface area contributed by atoms with E-state index >= 15 is 0 Å². The molecule has 0 bridgehead atoms. The Morgan fingerprint density at radius 2 is 1.12 bits per heavy atom. The number of halogens is 1. The average molecular weight is 193 g/mol. The number of hydrogen-bond acceptors (Lipinski definition) is 4. The molecule has 8 heteroatoms. The minimum absolute atomic E-state index is 0. The van der Waals surface area contributed by atoms with Crippen molar-refractivity contribution in [3.63, 3.8) is 0 Å². The van der Waals surface area contributed by atoms with Crippen LogP contribution in [0.15, 0.2) is 0 Å².